The van der Waals surface area contributed by atoms with E-state index in [1.165, 1.54) is 0 Å². The maximum atomic E-state index is 11.9. The van der Waals surface area contributed by atoms with Gasteiger partial charge in [0.25, 0.3) is 0 Å². The van der Waals surface area contributed by atoms with Crippen LogP contribution >= 0.6 is 0 Å². The van der Waals surface area contributed by atoms with Gasteiger partial charge in [0.2, 0.25) is 5.91 Å². The molecule has 21 heavy (non-hydrogen) atoms. The van der Waals surface area contributed by atoms with Gasteiger partial charge in [0.15, 0.2) is 0 Å². The van der Waals surface area contributed by atoms with Gasteiger partial charge in [-0.1, -0.05) is 18.2 Å². The van der Waals surface area contributed by atoms with E-state index in [1.54, 1.807) is 0 Å². The van der Waals surface area contributed by atoms with Crippen LogP contribution in [0.3, 0.4) is 0 Å². The lowest BCUT2D eigenvalue weighted by Gasteiger charge is -2.21. The zero-order chi connectivity index (χ0) is 14.9. The first-order valence-electron chi connectivity index (χ1n) is 7.53. The number of carbonyl (C=O) groups is 1. The molecule has 0 aliphatic carbocycles. The Morgan fingerprint density at radius 1 is 1.33 bits per heavy atom. The van der Waals surface area contributed by atoms with Gasteiger partial charge in [0.05, 0.1) is 13.0 Å². The molecule has 5 nitrogen and oxygen atoms in total. The summed E-state index contributed by atoms with van der Waals surface area (Å²) in [4.78, 5) is 11.9. The summed E-state index contributed by atoms with van der Waals surface area (Å²) in [6.45, 7) is 3.23. The molecule has 2 rings (SSSR count). The third kappa shape index (κ3) is 5.46. The lowest BCUT2D eigenvalue weighted by molar-refractivity contribution is -0.117. The first kappa shape index (κ1) is 15.9. The molecule has 5 heteroatoms. The van der Waals surface area contributed by atoms with Gasteiger partial charge in [0.1, 0.15) is 0 Å². The monoisotopic (exact) mass is 292 g/mol. The van der Waals surface area contributed by atoms with E-state index in [-0.39, 0.29) is 5.91 Å². The highest BCUT2D eigenvalue weighted by Gasteiger charge is 2.14. The van der Waals surface area contributed by atoms with Crippen molar-refractivity contribution in [1.82, 2.24) is 0 Å². The van der Waals surface area contributed by atoms with Crippen LogP contribution in [0.4, 0.5) is 5.69 Å². The molecule has 1 saturated heterocycles. The predicted octanol–water partition coefficient (Wildman–Crippen LogP) is 1.92. The van der Waals surface area contributed by atoms with Crippen LogP contribution in [0, 0.1) is 5.92 Å². The Kier molecular flexibility index (Phi) is 6.66. The van der Waals surface area contributed by atoms with Crippen LogP contribution in [0.15, 0.2) is 24.3 Å². The third-order valence-corrected chi connectivity index (χ3v) is 3.68. The minimum atomic E-state index is -0.0390. The summed E-state index contributed by atoms with van der Waals surface area (Å²) in [5, 5.41) is 2.88. The molecular weight excluding hydrogens is 268 g/mol. The van der Waals surface area contributed by atoms with E-state index in [0.29, 0.717) is 25.5 Å². The second-order valence-electron chi connectivity index (χ2n) is 5.29. The van der Waals surface area contributed by atoms with E-state index in [4.69, 9.17) is 15.2 Å². The summed E-state index contributed by atoms with van der Waals surface area (Å²) < 4.78 is 10.9. The highest BCUT2D eigenvalue weighted by Crippen LogP contribution is 2.16. The van der Waals surface area contributed by atoms with Gasteiger partial charge in [0, 0.05) is 32.1 Å². The van der Waals surface area contributed by atoms with Gasteiger partial charge >= 0.3 is 0 Å². The number of rotatable bonds is 7. The molecule has 3 N–H and O–H groups in total. The molecule has 1 amide bonds. The van der Waals surface area contributed by atoms with Crippen molar-refractivity contribution < 1.29 is 14.3 Å². The molecule has 0 saturated carbocycles. The fourth-order valence-electron chi connectivity index (χ4n) is 2.36. The lowest BCUT2D eigenvalue weighted by Crippen LogP contribution is -2.21. The molecule has 1 aliphatic rings. The Balaban J connectivity index is 1.65. The van der Waals surface area contributed by atoms with Crippen molar-refractivity contribution >= 4 is 11.6 Å². The van der Waals surface area contributed by atoms with Crippen molar-refractivity contribution in [3.8, 4) is 0 Å². The van der Waals surface area contributed by atoms with E-state index >= 15 is 0 Å². The molecule has 0 atom stereocenters. The zero-order valence-corrected chi connectivity index (χ0v) is 12.3. The second kappa shape index (κ2) is 8.77. The molecule has 0 unspecified atom stereocenters. The highest BCUT2D eigenvalue weighted by atomic mass is 16.5. The fourth-order valence-corrected chi connectivity index (χ4v) is 2.36. The Morgan fingerprint density at radius 3 is 2.86 bits per heavy atom. The summed E-state index contributed by atoms with van der Waals surface area (Å²) in [6.07, 6.45) is 2.47. The van der Waals surface area contributed by atoms with Gasteiger partial charge < -0.3 is 20.5 Å². The second-order valence-corrected chi connectivity index (χ2v) is 5.29. The van der Waals surface area contributed by atoms with Crippen molar-refractivity contribution in [2.75, 3.05) is 31.7 Å². The topological polar surface area (TPSA) is 73.6 Å². The van der Waals surface area contributed by atoms with E-state index < -0.39 is 0 Å². The normalized spacial score (nSPS) is 15.9. The van der Waals surface area contributed by atoms with Gasteiger partial charge in [-0.2, -0.15) is 0 Å². The van der Waals surface area contributed by atoms with Crippen LogP contribution in [0.1, 0.15) is 24.8 Å². The first-order valence-corrected chi connectivity index (χ1v) is 7.53. The number of para-hydroxylation sites is 1. The average Bonchev–Trinajstić information content (AvgIpc) is 2.53. The summed E-state index contributed by atoms with van der Waals surface area (Å²) in [6, 6.07) is 7.57. The Bertz CT molecular complexity index is 445. The predicted molar refractivity (Wildman–Crippen MR) is 81.9 cm³/mol. The van der Waals surface area contributed by atoms with Gasteiger partial charge in [-0.3, -0.25) is 4.79 Å². The third-order valence-electron chi connectivity index (χ3n) is 3.68. The molecular formula is C16H24N2O3. The lowest BCUT2D eigenvalue weighted by atomic mass is 10.0. The molecule has 0 radical (unpaired) electrons. The van der Waals surface area contributed by atoms with E-state index in [1.807, 2.05) is 24.3 Å². The van der Waals surface area contributed by atoms with Crippen LogP contribution in [0.25, 0.3) is 0 Å². The van der Waals surface area contributed by atoms with Crippen molar-refractivity contribution in [2.24, 2.45) is 11.7 Å². The van der Waals surface area contributed by atoms with Crippen LogP contribution in [-0.4, -0.2) is 32.3 Å². The molecule has 0 aromatic heterocycles. The molecule has 1 fully saturated rings. The molecule has 116 valence electrons. The zero-order valence-electron chi connectivity index (χ0n) is 12.3. The summed E-state index contributed by atoms with van der Waals surface area (Å²) in [7, 11) is 0. The summed E-state index contributed by atoms with van der Waals surface area (Å²) in [5.41, 5.74) is 7.37. The van der Waals surface area contributed by atoms with Crippen LogP contribution < -0.4 is 11.1 Å². The van der Waals surface area contributed by atoms with Crippen molar-refractivity contribution in [3.63, 3.8) is 0 Å². The van der Waals surface area contributed by atoms with Gasteiger partial charge in [-0.05, 0) is 30.4 Å². The fraction of sp³-hybridized carbons (Fsp3) is 0.562. The number of nitrogens with two attached hydrogens (primary N) is 1. The van der Waals surface area contributed by atoms with Crippen molar-refractivity contribution in [1.29, 1.82) is 0 Å². The number of anilines is 1. The number of carbonyl (C=O) groups excluding carboxylic acids is 1. The Hall–Kier alpha value is -1.43. The van der Waals surface area contributed by atoms with Crippen LogP contribution in [0.5, 0.6) is 0 Å². The Labute approximate surface area is 125 Å². The molecule has 0 bridgehead atoms. The SMILES string of the molecule is NCc1ccccc1NC(=O)CCOCC1CCOCC1. The van der Waals surface area contributed by atoms with Crippen LogP contribution in [0.2, 0.25) is 0 Å². The van der Waals surface area contributed by atoms with E-state index in [0.717, 1.165) is 43.9 Å². The largest absolute Gasteiger partial charge is 0.381 e. The average molecular weight is 292 g/mol. The maximum Gasteiger partial charge on any atom is 0.226 e. The number of hydrogen-bond donors (Lipinski definition) is 2. The number of benzene rings is 1. The molecule has 1 heterocycles. The van der Waals surface area contributed by atoms with Crippen molar-refractivity contribution in [3.05, 3.63) is 29.8 Å². The number of nitrogens with one attached hydrogen (secondary N) is 1. The number of hydrogen-bond acceptors (Lipinski definition) is 4. The smallest absolute Gasteiger partial charge is 0.226 e. The van der Waals surface area contributed by atoms with Gasteiger partial charge in [-0.25, -0.2) is 0 Å². The number of amides is 1. The van der Waals surface area contributed by atoms with Crippen LogP contribution in [-0.2, 0) is 20.8 Å². The quantitative estimate of drug-likeness (QED) is 0.753. The maximum absolute atomic E-state index is 11.9. The number of ether oxygens (including phenoxy) is 2. The van der Waals surface area contributed by atoms with E-state index in [2.05, 4.69) is 5.32 Å². The first-order chi connectivity index (χ1) is 10.3. The Morgan fingerprint density at radius 2 is 2.10 bits per heavy atom. The van der Waals surface area contributed by atoms with E-state index in [9.17, 15) is 4.79 Å². The highest BCUT2D eigenvalue weighted by molar-refractivity contribution is 5.91. The van der Waals surface area contributed by atoms with Crippen molar-refractivity contribution in [2.45, 2.75) is 25.8 Å². The molecule has 1 aromatic rings. The minimum absolute atomic E-state index is 0.0390. The molecule has 1 aliphatic heterocycles. The molecule has 1 aromatic carbocycles. The summed E-state index contributed by atoms with van der Waals surface area (Å²) in [5.74, 6) is 0.530. The minimum Gasteiger partial charge on any atom is -0.381 e. The van der Waals surface area contributed by atoms with Gasteiger partial charge in [-0.15, -0.1) is 0 Å². The summed E-state index contributed by atoms with van der Waals surface area (Å²) >= 11 is 0. The molecule has 0 spiro atoms. The standard InChI is InChI=1S/C16H24N2O3/c17-11-14-3-1-2-4-15(14)18-16(19)7-10-21-12-13-5-8-20-9-6-13/h1-4,13H,5-12,17H2,(H,18,19).